The molecule has 0 radical (unpaired) electrons. The Labute approximate surface area is 165 Å². The summed E-state index contributed by atoms with van der Waals surface area (Å²) in [4.78, 5) is 25.0. The molecule has 3 N–H and O–H groups in total. The van der Waals surface area contributed by atoms with Crippen LogP contribution in [-0.2, 0) is 12.1 Å². The van der Waals surface area contributed by atoms with Gasteiger partial charge in [-0.2, -0.15) is 5.26 Å². The molecular weight excluding hydrogens is 373 g/mol. The van der Waals surface area contributed by atoms with Crippen molar-refractivity contribution in [3.05, 3.63) is 77.4 Å². The van der Waals surface area contributed by atoms with E-state index in [0.717, 1.165) is 0 Å². The number of nitrogens with two attached hydrogens (primary N) is 1. The Morgan fingerprint density at radius 3 is 2.90 bits per heavy atom. The summed E-state index contributed by atoms with van der Waals surface area (Å²) >= 11 is 0. The van der Waals surface area contributed by atoms with Crippen molar-refractivity contribution in [2.75, 3.05) is 5.32 Å². The van der Waals surface area contributed by atoms with Gasteiger partial charge < -0.3 is 15.6 Å². The third-order valence-electron chi connectivity index (χ3n) is 4.72. The number of nitrogens with zero attached hydrogens (tertiary/aromatic N) is 5. The summed E-state index contributed by atoms with van der Waals surface area (Å²) < 4.78 is 16.5. The molecule has 4 rings (SSSR count). The Hall–Kier alpha value is -4.06. The highest BCUT2D eigenvalue weighted by Crippen LogP contribution is 2.34. The maximum absolute atomic E-state index is 14.7. The van der Waals surface area contributed by atoms with Gasteiger partial charge in [0.05, 0.1) is 12.1 Å². The highest BCUT2D eigenvalue weighted by molar-refractivity contribution is 6.03. The van der Waals surface area contributed by atoms with Gasteiger partial charge >= 0.3 is 0 Å². The molecule has 1 aliphatic rings. The number of hydrogen-bond acceptors (Lipinski definition) is 6. The molecule has 1 unspecified atom stereocenters. The standard InChI is InChI=1S/C20H16FN7O/c1-20(11-28-7-6-24-18(28)17(23)27-20)14-8-13(3-4-15(14)21)26-19(29)16-5-2-12(9-22)10-25-16/h2-8,10H,11H2,1H3,(H2,23,27)(H,26,29). The highest BCUT2D eigenvalue weighted by atomic mass is 19.1. The van der Waals surface area contributed by atoms with E-state index >= 15 is 0 Å². The van der Waals surface area contributed by atoms with Gasteiger partial charge in [0.1, 0.15) is 23.1 Å². The average molecular weight is 389 g/mol. The number of amides is 1. The van der Waals surface area contributed by atoms with Gasteiger partial charge in [0.25, 0.3) is 5.91 Å². The Kier molecular flexibility index (Phi) is 4.31. The molecule has 1 atom stereocenters. The Morgan fingerprint density at radius 2 is 2.17 bits per heavy atom. The number of nitrogens with one attached hydrogen (secondary N) is 1. The van der Waals surface area contributed by atoms with Crippen molar-refractivity contribution in [3.63, 3.8) is 0 Å². The molecule has 0 bridgehead atoms. The van der Waals surface area contributed by atoms with Crippen LogP contribution in [-0.4, -0.2) is 26.3 Å². The molecular formula is C20H16FN7O. The van der Waals surface area contributed by atoms with Crippen LogP contribution in [0.15, 0.2) is 53.9 Å². The van der Waals surface area contributed by atoms with E-state index in [1.165, 1.54) is 36.5 Å². The molecule has 1 amide bonds. The first kappa shape index (κ1) is 18.3. The minimum absolute atomic E-state index is 0.143. The number of aliphatic imine (C=N–C) groups is 1. The number of imidazole rings is 1. The molecule has 0 fully saturated rings. The van der Waals surface area contributed by atoms with E-state index in [-0.39, 0.29) is 11.5 Å². The van der Waals surface area contributed by atoms with Gasteiger partial charge in [-0.25, -0.2) is 14.4 Å². The molecule has 0 spiro atoms. The van der Waals surface area contributed by atoms with Crippen LogP contribution in [0.2, 0.25) is 0 Å². The van der Waals surface area contributed by atoms with Crippen molar-refractivity contribution < 1.29 is 9.18 Å². The number of halogens is 1. The summed E-state index contributed by atoms with van der Waals surface area (Å²) in [6.07, 6.45) is 4.69. The smallest absolute Gasteiger partial charge is 0.274 e. The second-order valence-electron chi connectivity index (χ2n) is 6.84. The van der Waals surface area contributed by atoms with Gasteiger partial charge in [0.15, 0.2) is 11.7 Å². The summed E-state index contributed by atoms with van der Waals surface area (Å²) in [5, 5.41) is 11.5. The van der Waals surface area contributed by atoms with Crippen molar-refractivity contribution in [1.82, 2.24) is 14.5 Å². The van der Waals surface area contributed by atoms with Crippen LogP contribution in [0, 0.1) is 17.1 Å². The number of anilines is 1. The van der Waals surface area contributed by atoms with Crippen LogP contribution >= 0.6 is 0 Å². The monoisotopic (exact) mass is 389 g/mol. The fourth-order valence-electron chi connectivity index (χ4n) is 3.30. The minimum Gasteiger partial charge on any atom is -0.381 e. The third-order valence-corrected chi connectivity index (χ3v) is 4.72. The van der Waals surface area contributed by atoms with Crippen LogP contribution in [0.4, 0.5) is 10.1 Å². The number of pyridine rings is 1. The average Bonchev–Trinajstić information content (AvgIpc) is 3.18. The number of rotatable bonds is 3. The van der Waals surface area contributed by atoms with Crippen LogP contribution in [0.25, 0.3) is 0 Å². The first-order chi connectivity index (χ1) is 13.9. The number of nitriles is 1. The van der Waals surface area contributed by atoms with Gasteiger partial charge in [-0.05, 0) is 37.3 Å². The largest absolute Gasteiger partial charge is 0.381 e. The maximum atomic E-state index is 14.7. The van der Waals surface area contributed by atoms with E-state index in [1.54, 1.807) is 19.3 Å². The van der Waals surface area contributed by atoms with E-state index in [2.05, 4.69) is 20.3 Å². The molecule has 2 aromatic heterocycles. The van der Waals surface area contributed by atoms with E-state index in [9.17, 15) is 9.18 Å². The lowest BCUT2D eigenvalue weighted by Crippen LogP contribution is -2.37. The number of hydrogen-bond donors (Lipinski definition) is 2. The van der Waals surface area contributed by atoms with E-state index in [0.29, 0.717) is 29.2 Å². The number of carbonyl (C=O) groups is 1. The number of carbonyl (C=O) groups excluding carboxylic acids is 1. The molecule has 29 heavy (non-hydrogen) atoms. The number of fused-ring (bicyclic) bond motifs is 1. The second-order valence-corrected chi connectivity index (χ2v) is 6.84. The summed E-state index contributed by atoms with van der Waals surface area (Å²) in [6, 6.07) is 9.17. The van der Waals surface area contributed by atoms with E-state index in [1.807, 2.05) is 10.6 Å². The Bertz CT molecular complexity index is 1180. The molecule has 0 aliphatic carbocycles. The van der Waals surface area contributed by atoms with Gasteiger partial charge in [-0.1, -0.05) is 0 Å². The lowest BCUT2D eigenvalue weighted by molar-refractivity contribution is 0.102. The van der Waals surface area contributed by atoms with Crippen molar-refractivity contribution in [2.45, 2.75) is 19.0 Å². The zero-order valence-electron chi connectivity index (χ0n) is 15.4. The number of benzene rings is 1. The van der Waals surface area contributed by atoms with Crippen molar-refractivity contribution >= 4 is 17.4 Å². The topological polar surface area (TPSA) is 122 Å². The van der Waals surface area contributed by atoms with Crippen molar-refractivity contribution in [1.29, 1.82) is 5.26 Å². The fraction of sp³-hybridized carbons (Fsp3) is 0.150. The first-order valence-corrected chi connectivity index (χ1v) is 8.74. The summed E-state index contributed by atoms with van der Waals surface area (Å²) in [5.41, 5.74) is 6.24. The molecule has 0 saturated heterocycles. The Morgan fingerprint density at radius 1 is 1.34 bits per heavy atom. The number of aromatic nitrogens is 3. The predicted molar refractivity (Wildman–Crippen MR) is 104 cm³/mol. The maximum Gasteiger partial charge on any atom is 0.274 e. The fourth-order valence-corrected chi connectivity index (χ4v) is 3.30. The van der Waals surface area contributed by atoms with Gasteiger partial charge in [0, 0.05) is 29.8 Å². The molecule has 9 heteroatoms. The lowest BCUT2D eigenvalue weighted by atomic mass is 9.90. The van der Waals surface area contributed by atoms with Gasteiger partial charge in [-0.15, -0.1) is 0 Å². The molecule has 1 aromatic carbocycles. The zero-order valence-corrected chi connectivity index (χ0v) is 15.4. The highest BCUT2D eigenvalue weighted by Gasteiger charge is 2.35. The molecule has 8 nitrogen and oxygen atoms in total. The van der Waals surface area contributed by atoms with Crippen molar-refractivity contribution in [3.8, 4) is 6.07 Å². The van der Waals surface area contributed by atoms with Crippen LogP contribution in [0.3, 0.4) is 0 Å². The SMILES string of the molecule is CC1(c2cc(NC(=O)c3ccc(C#N)cn3)ccc2F)Cn2ccnc2C(N)=N1. The van der Waals surface area contributed by atoms with Crippen LogP contribution < -0.4 is 11.1 Å². The normalized spacial score (nSPS) is 17.8. The molecule has 3 heterocycles. The molecule has 3 aromatic rings. The lowest BCUT2D eigenvalue weighted by Gasteiger charge is -2.31. The summed E-state index contributed by atoms with van der Waals surface area (Å²) in [7, 11) is 0. The van der Waals surface area contributed by atoms with Crippen LogP contribution in [0.1, 0.15) is 34.4 Å². The quantitative estimate of drug-likeness (QED) is 0.711. The van der Waals surface area contributed by atoms with Crippen molar-refractivity contribution in [2.24, 2.45) is 10.7 Å². The van der Waals surface area contributed by atoms with Gasteiger partial charge in [0.2, 0.25) is 0 Å². The van der Waals surface area contributed by atoms with E-state index < -0.39 is 17.3 Å². The van der Waals surface area contributed by atoms with Gasteiger partial charge in [-0.3, -0.25) is 9.79 Å². The zero-order chi connectivity index (χ0) is 20.6. The summed E-state index contributed by atoms with van der Waals surface area (Å²) in [5.74, 6) is -0.165. The summed E-state index contributed by atoms with van der Waals surface area (Å²) in [6.45, 7) is 2.13. The van der Waals surface area contributed by atoms with Crippen LogP contribution in [0.5, 0.6) is 0 Å². The second kappa shape index (κ2) is 6.83. The molecule has 144 valence electrons. The third kappa shape index (κ3) is 3.32. The predicted octanol–water partition coefficient (Wildman–Crippen LogP) is 2.18. The van der Waals surface area contributed by atoms with E-state index in [4.69, 9.17) is 11.0 Å². The Balaban J connectivity index is 1.63. The molecule has 1 aliphatic heterocycles. The minimum atomic E-state index is -0.963. The molecule has 0 saturated carbocycles. The number of amidine groups is 1. The first-order valence-electron chi connectivity index (χ1n) is 8.74.